The molecule has 0 atom stereocenters. The summed E-state index contributed by atoms with van der Waals surface area (Å²) in [5, 5.41) is 0. The number of alkyl halides is 5. The Hall–Kier alpha value is -2.72. The lowest BCUT2D eigenvalue weighted by atomic mass is 10.1. The van der Waals surface area contributed by atoms with Crippen LogP contribution in [-0.2, 0) is 26.1 Å². The van der Waals surface area contributed by atoms with Gasteiger partial charge in [0.1, 0.15) is 12.2 Å². The molecule has 16 heteroatoms. The predicted molar refractivity (Wildman–Crippen MR) is 140 cm³/mol. The zero-order valence-corrected chi connectivity index (χ0v) is 24.3. The molecule has 0 saturated carbocycles. The van der Waals surface area contributed by atoms with Crippen molar-refractivity contribution >= 4 is 39.1 Å². The van der Waals surface area contributed by atoms with Crippen molar-refractivity contribution in [3.63, 3.8) is 0 Å². The van der Waals surface area contributed by atoms with E-state index in [2.05, 4.69) is 9.13 Å². The fourth-order valence-corrected chi connectivity index (χ4v) is 7.11. The van der Waals surface area contributed by atoms with Crippen molar-refractivity contribution < 1.29 is 39.9 Å². The van der Waals surface area contributed by atoms with Crippen molar-refractivity contribution in [2.24, 2.45) is 4.40 Å². The molecule has 0 unspecified atom stereocenters. The van der Waals surface area contributed by atoms with Crippen LogP contribution in [0.4, 0.5) is 22.0 Å². The number of imidazole rings is 1. The molecule has 0 aliphatic carbocycles. The summed E-state index contributed by atoms with van der Waals surface area (Å²) in [5.41, 5.74) is 0.241. The highest BCUT2D eigenvalue weighted by Gasteiger charge is 2.56. The number of rotatable bonds is 10. The van der Waals surface area contributed by atoms with Crippen LogP contribution in [0, 0.1) is 20.8 Å². The summed E-state index contributed by atoms with van der Waals surface area (Å²) in [7, 11) is -3.27. The number of halogens is 5. The fourth-order valence-electron chi connectivity index (χ4n) is 3.61. The van der Waals surface area contributed by atoms with Gasteiger partial charge in [-0.25, -0.2) is 4.79 Å². The maximum Gasteiger partial charge on any atom is 0.453 e. The smallest absolute Gasteiger partial charge is 0.453 e. The molecule has 220 valence electrons. The summed E-state index contributed by atoms with van der Waals surface area (Å²) in [5.74, 6) is -5.54. The quantitative estimate of drug-likeness (QED) is 0.136. The lowest BCUT2D eigenvalue weighted by molar-refractivity contribution is -0.284. The number of ether oxygens (including phenoxy) is 1. The van der Waals surface area contributed by atoms with Crippen molar-refractivity contribution in [2.45, 2.75) is 67.8 Å². The Bertz CT molecular complexity index is 1590. The van der Waals surface area contributed by atoms with E-state index in [-0.39, 0.29) is 28.2 Å². The van der Waals surface area contributed by atoms with E-state index >= 15 is 0 Å². The second kappa shape index (κ2) is 12.0. The maximum absolute atomic E-state index is 13.4. The third kappa shape index (κ3) is 6.77. The minimum atomic E-state index is -5.63. The molecule has 1 aromatic carbocycles. The van der Waals surface area contributed by atoms with Crippen LogP contribution >= 0.6 is 23.1 Å². The standard InChI is InChI=1S/C24H26F5N3O5S3/c1-14-7-9-17(10-8-14)40(35,36)30-20-19-21(38-12-6-5-11-23(25,26)24(27,28)29)39-16(3)15(2)32(19)22(34)31(20)13-18(33)37-4/h7-10H,5-6,11-13H2,1-4H3. The van der Waals surface area contributed by atoms with Gasteiger partial charge in [-0.1, -0.05) is 17.7 Å². The van der Waals surface area contributed by atoms with E-state index in [1.54, 1.807) is 32.9 Å². The number of methoxy groups -OCH3 is 1. The summed E-state index contributed by atoms with van der Waals surface area (Å²) in [6.45, 7) is 4.45. The number of aryl methyl sites for hydroxylation is 2. The Morgan fingerprint density at radius 1 is 1.07 bits per heavy atom. The first-order chi connectivity index (χ1) is 18.5. The minimum absolute atomic E-state index is 0.0105. The highest BCUT2D eigenvalue weighted by atomic mass is 32.2. The first kappa shape index (κ1) is 31.8. The van der Waals surface area contributed by atoms with Crippen LogP contribution in [0.1, 0.15) is 35.4 Å². The van der Waals surface area contributed by atoms with Crippen LogP contribution < -0.4 is 11.2 Å². The number of fused-ring (bicyclic) bond motifs is 1. The molecule has 0 fully saturated rings. The van der Waals surface area contributed by atoms with Gasteiger partial charge in [-0.2, -0.15) is 30.4 Å². The fraction of sp³-hybridized carbons (Fsp3) is 0.458. The number of unbranched alkanes of at least 4 members (excludes halogenated alkanes) is 1. The maximum atomic E-state index is 13.4. The van der Waals surface area contributed by atoms with Crippen LogP contribution in [0.25, 0.3) is 5.69 Å². The Labute approximate surface area is 234 Å². The van der Waals surface area contributed by atoms with E-state index in [4.69, 9.17) is 0 Å². The van der Waals surface area contributed by atoms with Crippen LogP contribution in [0.15, 0.2) is 42.6 Å². The average Bonchev–Trinajstić information content (AvgIpc) is 3.12. The number of benzene rings is 1. The van der Waals surface area contributed by atoms with Gasteiger partial charge in [0.25, 0.3) is 10.0 Å². The normalized spacial score (nSPS) is 13.3. The highest BCUT2D eigenvalue weighted by molar-refractivity contribution is 8.01. The van der Waals surface area contributed by atoms with Crippen LogP contribution in [0.3, 0.4) is 0 Å². The topological polar surface area (TPSA) is 99.7 Å². The largest absolute Gasteiger partial charge is 0.468 e. The summed E-state index contributed by atoms with van der Waals surface area (Å²) in [4.78, 5) is 26.1. The lowest BCUT2D eigenvalue weighted by Gasteiger charge is -2.19. The SMILES string of the molecule is COC(=O)Cn1c(=NS(=O)(=O)c2ccc(C)cc2)c2c(SCCCCC(F)(F)C(F)(F)F)sc(C)c(C)n-2c1=O. The summed E-state index contributed by atoms with van der Waals surface area (Å²) in [6.07, 6.45) is -7.43. The van der Waals surface area contributed by atoms with Crippen molar-refractivity contribution in [1.82, 2.24) is 9.13 Å². The Morgan fingerprint density at radius 2 is 1.70 bits per heavy atom. The molecule has 0 bridgehead atoms. The summed E-state index contributed by atoms with van der Waals surface area (Å²) < 4.78 is 101. The number of hydrogen-bond donors (Lipinski definition) is 0. The number of hydrogen-bond acceptors (Lipinski definition) is 7. The molecular formula is C24H26F5N3O5S3. The average molecular weight is 628 g/mol. The molecule has 3 rings (SSSR count). The van der Waals surface area contributed by atoms with Gasteiger partial charge in [0.2, 0.25) is 0 Å². The van der Waals surface area contributed by atoms with Crippen molar-refractivity contribution in [2.75, 3.05) is 12.9 Å². The predicted octanol–water partition coefficient (Wildman–Crippen LogP) is 4.99. The number of esters is 1. The molecule has 0 radical (unpaired) electrons. The molecule has 0 spiro atoms. The third-order valence-electron chi connectivity index (χ3n) is 5.97. The summed E-state index contributed by atoms with van der Waals surface area (Å²) >= 11 is 2.24. The summed E-state index contributed by atoms with van der Waals surface area (Å²) in [6, 6.07) is 5.83. The van der Waals surface area contributed by atoms with Gasteiger partial charge in [-0.05, 0) is 51.5 Å². The van der Waals surface area contributed by atoms with Gasteiger partial charge in [-0.15, -0.1) is 27.5 Å². The molecule has 2 aliphatic rings. The van der Waals surface area contributed by atoms with Crippen LogP contribution in [-0.4, -0.2) is 48.5 Å². The van der Waals surface area contributed by atoms with Gasteiger partial charge in [0.05, 0.1) is 16.2 Å². The lowest BCUT2D eigenvalue weighted by Crippen LogP contribution is -2.36. The monoisotopic (exact) mass is 627 g/mol. The molecule has 0 saturated heterocycles. The Kier molecular flexibility index (Phi) is 9.56. The number of sulfonamides is 1. The third-order valence-corrected chi connectivity index (χ3v) is 9.78. The zero-order chi connectivity index (χ0) is 30.0. The number of thioether (sulfide) groups is 1. The second-order valence-electron chi connectivity index (χ2n) is 8.87. The number of nitrogens with zero attached hydrogens (tertiary/aromatic N) is 3. The van der Waals surface area contributed by atoms with Gasteiger partial charge in [0, 0.05) is 17.0 Å². The zero-order valence-electron chi connectivity index (χ0n) is 21.8. The Balaban J connectivity index is 2.12. The molecule has 2 aliphatic heterocycles. The van der Waals surface area contributed by atoms with Gasteiger partial charge < -0.3 is 4.74 Å². The number of carbonyl (C=O) groups is 1. The van der Waals surface area contributed by atoms with E-state index < -0.39 is 53.2 Å². The molecule has 8 nitrogen and oxygen atoms in total. The van der Waals surface area contributed by atoms with Gasteiger partial charge in [0.15, 0.2) is 5.49 Å². The van der Waals surface area contributed by atoms with Crippen molar-refractivity contribution in [3.05, 3.63) is 56.4 Å². The molecule has 0 amide bonds. The Morgan fingerprint density at radius 3 is 2.27 bits per heavy atom. The first-order valence-corrected chi connectivity index (χ1v) is 15.0. The van der Waals surface area contributed by atoms with E-state index in [1.807, 2.05) is 0 Å². The first-order valence-electron chi connectivity index (χ1n) is 11.8. The molecule has 2 heterocycles. The van der Waals surface area contributed by atoms with Gasteiger partial charge in [-0.3, -0.25) is 13.9 Å². The van der Waals surface area contributed by atoms with Crippen molar-refractivity contribution in [3.8, 4) is 5.69 Å². The van der Waals surface area contributed by atoms with Gasteiger partial charge >= 0.3 is 23.8 Å². The molecule has 40 heavy (non-hydrogen) atoms. The second-order valence-corrected chi connectivity index (χ2v) is 13.1. The number of carbonyl (C=O) groups excluding carboxylic acids is 1. The van der Waals surface area contributed by atoms with E-state index in [0.717, 1.165) is 29.0 Å². The van der Waals surface area contributed by atoms with Crippen LogP contribution in [0.2, 0.25) is 0 Å². The molecule has 0 N–H and O–H groups in total. The minimum Gasteiger partial charge on any atom is -0.468 e. The molecular weight excluding hydrogens is 601 g/mol. The van der Waals surface area contributed by atoms with E-state index in [9.17, 15) is 40.0 Å². The van der Waals surface area contributed by atoms with E-state index in [0.29, 0.717) is 14.8 Å². The van der Waals surface area contributed by atoms with E-state index in [1.165, 1.54) is 28.0 Å². The number of aromatic nitrogens is 2. The molecule has 1 aromatic rings. The molecule has 0 aromatic heterocycles. The van der Waals surface area contributed by atoms with Crippen LogP contribution in [0.5, 0.6) is 0 Å². The van der Waals surface area contributed by atoms with Crippen molar-refractivity contribution in [1.29, 1.82) is 0 Å². The highest BCUT2D eigenvalue weighted by Crippen LogP contribution is 2.40.